The molecule has 0 atom stereocenters. The highest BCUT2D eigenvalue weighted by molar-refractivity contribution is 5.49. The van der Waals surface area contributed by atoms with E-state index in [1.807, 2.05) is 0 Å². The molecule has 0 fully saturated rings. The first-order chi connectivity index (χ1) is 6.44. The standard InChI is InChI=1S/C9H5F3NO/c1-6-3-2-4-8(7(6)5-13)14-9(10,11)12/h2-4H,1H2. The SMILES string of the molecule is [CH2]c1cccc(OC(F)(F)F)c1C#N. The monoisotopic (exact) mass is 200 g/mol. The number of alkyl halides is 3. The normalized spacial score (nSPS) is 10.8. The first-order valence-electron chi connectivity index (χ1n) is 3.55. The van der Waals surface area contributed by atoms with Gasteiger partial charge in [0.05, 0.1) is 5.56 Å². The molecule has 5 heteroatoms. The summed E-state index contributed by atoms with van der Waals surface area (Å²) < 4.78 is 39.2. The minimum atomic E-state index is -4.79. The predicted octanol–water partition coefficient (Wildman–Crippen LogP) is 2.64. The Morgan fingerprint density at radius 3 is 2.50 bits per heavy atom. The Kier molecular flexibility index (Phi) is 2.65. The van der Waals surface area contributed by atoms with Crippen LogP contribution in [0.4, 0.5) is 13.2 Å². The highest BCUT2D eigenvalue weighted by atomic mass is 19.4. The van der Waals surface area contributed by atoms with Gasteiger partial charge in [-0.2, -0.15) is 5.26 Å². The van der Waals surface area contributed by atoms with Crippen LogP contribution in [-0.4, -0.2) is 6.36 Å². The quantitative estimate of drug-likeness (QED) is 0.698. The Labute approximate surface area is 78.5 Å². The maximum Gasteiger partial charge on any atom is 0.573 e. The molecule has 0 saturated heterocycles. The average Bonchev–Trinajstić information content (AvgIpc) is 2.01. The van der Waals surface area contributed by atoms with Crippen molar-refractivity contribution in [2.75, 3.05) is 0 Å². The number of benzene rings is 1. The Bertz CT molecular complexity index is 379. The van der Waals surface area contributed by atoms with Gasteiger partial charge in [0.2, 0.25) is 0 Å². The molecule has 1 aromatic rings. The molecule has 1 rings (SSSR count). The summed E-state index contributed by atoms with van der Waals surface area (Å²) in [5.74, 6) is -0.521. The molecule has 1 radical (unpaired) electrons. The Morgan fingerprint density at radius 1 is 1.36 bits per heavy atom. The van der Waals surface area contributed by atoms with Crippen LogP contribution in [0.15, 0.2) is 18.2 Å². The molecule has 1 aromatic carbocycles. The van der Waals surface area contributed by atoms with E-state index >= 15 is 0 Å². The van der Waals surface area contributed by atoms with Crippen LogP contribution >= 0.6 is 0 Å². The van der Waals surface area contributed by atoms with Gasteiger partial charge in [-0.15, -0.1) is 13.2 Å². The first kappa shape index (κ1) is 10.4. The van der Waals surface area contributed by atoms with Crippen molar-refractivity contribution in [3.8, 4) is 11.8 Å². The fraction of sp³-hybridized carbons (Fsp3) is 0.111. The van der Waals surface area contributed by atoms with E-state index in [1.54, 1.807) is 6.07 Å². The molecule has 0 aliphatic carbocycles. The molecule has 0 aliphatic rings. The fourth-order valence-electron chi connectivity index (χ4n) is 0.913. The number of hydrogen-bond acceptors (Lipinski definition) is 2. The van der Waals surface area contributed by atoms with Crippen LogP contribution in [0.3, 0.4) is 0 Å². The summed E-state index contributed by atoms with van der Waals surface area (Å²) in [6.45, 7) is 3.41. The molecule has 0 spiro atoms. The lowest BCUT2D eigenvalue weighted by Crippen LogP contribution is -2.18. The molecule has 0 unspecified atom stereocenters. The van der Waals surface area contributed by atoms with Gasteiger partial charge in [0.1, 0.15) is 11.8 Å². The van der Waals surface area contributed by atoms with Crippen molar-refractivity contribution in [2.24, 2.45) is 0 Å². The summed E-state index contributed by atoms with van der Waals surface area (Å²) in [6.07, 6.45) is -4.79. The Hall–Kier alpha value is -1.70. The van der Waals surface area contributed by atoms with E-state index in [2.05, 4.69) is 11.7 Å². The highest BCUT2D eigenvalue weighted by Crippen LogP contribution is 2.27. The predicted molar refractivity (Wildman–Crippen MR) is 42.3 cm³/mol. The molecule has 0 bridgehead atoms. The van der Waals surface area contributed by atoms with Crippen molar-refractivity contribution >= 4 is 0 Å². The van der Waals surface area contributed by atoms with Gasteiger partial charge >= 0.3 is 6.36 Å². The van der Waals surface area contributed by atoms with Gasteiger partial charge in [0, 0.05) is 0 Å². The lowest BCUT2D eigenvalue weighted by atomic mass is 10.1. The number of halogens is 3. The summed E-state index contributed by atoms with van der Waals surface area (Å²) in [4.78, 5) is 0. The summed E-state index contributed by atoms with van der Waals surface area (Å²) in [5.41, 5.74) is -0.000856. The lowest BCUT2D eigenvalue weighted by molar-refractivity contribution is -0.274. The van der Waals surface area contributed by atoms with E-state index in [1.165, 1.54) is 12.1 Å². The van der Waals surface area contributed by atoms with Crippen LogP contribution in [0.5, 0.6) is 5.75 Å². The second kappa shape index (κ2) is 3.58. The topological polar surface area (TPSA) is 33.0 Å². The number of nitriles is 1. The molecule has 14 heavy (non-hydrogen) atoms. The van der Waals surface area contributed by atoms with Gasteiger partial charge in [-0.3, -0.25) is 0 Å². The van der Waals surface area contributed by atoms with Crippen molar-refractivity contribution in [3.63, 3.8) is 0 Å². The third-order valence-corrected chi connectivity index (χ3v) is 1.45. The molecular weight excluding hydrogens is 195 g/mol. The Balaban J connectivity index is 3.10. The molecule has 0 N–H and O–H groups in total. The molecule has 0 saturated carbocycles. The van der Waals surface area contributed by atoms with Gasteiger partial charge in [-0.05, 0) is 18.6 Å². The average molecular weight is 200 g/mol. The largest absolute Gasteiger partial charge is 0.573 e. The second-order valence-electron chi connectivity index (χ2n) is 2.45. The molecule has 73 valence electrons. The van der Waals surface area contributed by atoms with E-state index in [9.17, 15) is 13.2 Å². The van der Waals surface area contributed by atoms with Crippen molar-refractivity contribution in [2.45, 2.75) is 6.36 Å². The molecule has 2 nitrogen and oxygen atoms in total. The van der Waals surface area contributed by atoms with Crippen molar-refractivity contribution in [3.05, 3.63) is 36.2 Å². The Morgan fingerprint density at radius 2 is 2.00 bits per heavy atom. The molecule has 0 aromatic heterocycles. The van der Waals surface area contributed by atoms with Gasteiger partial charge in [0.25, 0.3) is 0 Å². The summed E-state index contributed by atoms with van der Waals surface area (Å²) in [6, 6.07) is 5.44. The fourth-order valence-corrected chi connectivity index (χ4v) is 0.913. The number of rotatable bonds is 1. The number of hydrogen-bond donors (Lipinski definition) is 0. The second-order valence-corrected chi connectivity index (χ2v) is 2.45. The smallest absolute Gasteiger partial charge is 0.404 e. The molecule has 0 amide bonds. The summed E-state index contributed by atoms with van der Waals surface area (Å²) in [7, 11) is 0. The van der Waals surface area contributed by atoms with Crippen LogP contribution in [0.25, 0.3) is 0 Å². The molecule has 0 heterocycles. The van der Waals surface area contributed by atoms with Crippen LogP contribution < -0.4 is 4.74 Å². The van der Waals surface area contributed by atoms with E-state index in [4.69, 9.17) is 5.26 Å². The third-order valence-electron chi connectivity index (χ3n) is 1.45. The first-order valence-corrected chi connectivity index (χ1v) is 3.55. The van der Waals surface area contributed by atoms with Crippen LogP contribution in [0.1, 0.15) is 11.1 Å². The minimum Gasteiger partial charge on any atom is -0.404 e. The van der Waals surface area contributed by atoms with Crippen LogP contribution in [-0.2, 0) is 0 Å². The third kappa shape index (κ3) is 2.39. The van der Waals surface area contributed by atoms with Crippen molar-refractivity contribution < 1.29 is 17.9 Å². The highest BCUT2D eigenvalue weighted by Gasteiger charge is 2.32. The van der Waals surface area contributed by atoms with Crippen LogP contribution in [0.2, 0.25) is 0 Å². The lowest BCUT2D eigenvalue weighted by Gasteiger charge is -2.10. The summed E-state index contributed by atoms with van der Waals surface area (Å²) >= 11 is 0. The van der Waals surface area contributed by atoms with E-state index in [-0.39, 0.29) is 11.1 Å². The zero-order chi connectivity index (χ0) is 10.8. The van der Waals surface area contributed by atoms with Gasteiger partial charge in [-0.25, -0.2) is 0 Å². The van der Waals surface area contributed by atoms with Gasteiger partial charge < -0.3 is 4.74 Å². The minimum absolute atomic E-state index is 0.203. The van der Waals surface area contributed by atoms with Gasteiger partial charge in [-0.1, -0.05) is 12.1 Å². The zero-order valence-electron chi connectivity index (χ0n) is 6.93. The van der Waals surface area contributed by atoms with Crippen LogP contribution in [0, 0.1) is 18.3 Å². The summed E-state index contributed by atoms with van der Waals surface area (Å²) in [5, 5.41) is 8.56. The maximum atomic E-state index is 11.8. The number of ether oxygens (including phenoxy) is 1. The van der Waals surface area contributed by atoms with E-state index in [0.717, 1.165) is 6.07 Å². The molecular formula is C9H5F3NO. The van der Waals surface area contributed by atoms with Crippen molar-refractivity contribution in [1.29, 1.82) is 5.26 Å². The van der Waals surface area contributed by atoms with Crippen molar-refractivity contribution in [1.82, 2.24) is 0 Å². The molecule has 0 aliphatic heterocycles. The number of nitrogens with zero attached hydrogens (tertiary/aromatic N) is 1. The van der Waals surface area contributed by atoms with Gasteiger partial charge in [0.15, 0.2) is 0 Å². The van der Waals surface area contributed by atoms with E-state index < -0.39 is 12.1 Å². The maximum absolute atomic E-state index is 11.8. The van der Waals surface area contributed by atoms with E-state index in [0.29, 0.717) is 0 Å². The zero-order valence-corrected chi connectivity index (χ0v) is 6.93.